The highest BCUT2D eigenvalue weighted by molar-refractivity contribution is 7.91. The quantitative estimate of drug-likeness (QED) is 0.623. The Hall–Kier alpha value is -3.13. The number of carbonyl (C=O) groups excluding carboxylic acids is 1. The van der Waals surface area contributed by atoms with Crippen molar-refractivity contribution in [2.24, 2.45) is 0 Å². The van der Waals surface area contributed by atoms with Gasteiger partial charge in [0.25, 0.3) is 5.91 Å². The Balaban J connectivity index is 1.93. The van der Waals surface area contributed by atoms with Gasteiger partial charge in [0.2, 0.25) is 0 Å². The summed E-state index contributed by atoms with van der Waals surface area (Å²) in [6, 6.07) is 11.8. The van der Waals surface area contributed by atoms with Gasteiger partial charge in [-0.2, -0.15) is 0 Å². The van der Waals surface area contributed by atoms with Crippen molar-refractivity contribution in [1.29, 1.82) is 0 Å². The van der Waals surface area contributed by atoms with Crippen molar-refractivity contribution in [2.75, 3.05) is 6.54 Å². The van der Waals surface area contributed by atoms with Gasteiger partial charge in [-0.1, -0.05) is 12.1 Å². The summed E-state index contributed by atoms with van der Waals surface area (Å²) in [6.45, 7) is 1.21. The first kappa shape index (κ1) is 20.6. The highest BCUT2D eigenvalue weighted by Gasteiger charge is 2.30. The van der Waals surface area contributed by atoms with Crippen LogP contribution in [0.5, 0.6) is 0 Å². The maximum absolute atomic E-state index is 13.6. The summed E-state index contributed by atoms with van der Waals surface area (Å²) in [4.78, 5) is 16.2. The van der Waals surface area contributed by atoms with Crippen molar-refractivity contribution < 1.29 is 22.0 Å². The number of halogens is 2. The minimum absolute atomic E-state index is 0.0646. The highest BCUT2D eigenvalue weighted by Crippen LogP contribution is 2.29. The molecule has 3 aromatic rings. The van der Waals surface area contributed by atoms with Crippen molar-refractivity contribution in [2.45, 2.75) is 17.1 Å². The largest absolute Gasteiger partial charge is 0.350 e. The third-order valence-electron chi connectivity index (χ3n) is 4.42. The zero-order chi connectivity index (χ0) is 21.0. The molecule has 1 atom stereocenters. The maximum atomic E-state index is 13.6. The summed E-state index contributed by atoms with van der Waals surface area (Å²) >= 11 is 0. The third kappa shape index (κ3) is 4.65. The molecule has 5 nitrogen and oxygen atoms in total. The second-order valence-corrected chi connectivity index (χ2v) is 8.58. The molecule has 29 heavy (non-hydrogen) atoms. The van der Waals surface area contributed by atoms with E-state index in [0.29, 0.717) is 5.56 Å². The molecule has 0 saturated carbocycles. The zero-order valence-electron chi connectivity index (χ0n) is 15.5. The molecule has 0 fully saturated rings. The first-order valence-electron chi connectivity index (χ1n) is 8.73. The maximum Gasteiger partial charge on any atom is 0.251 e. The standard InChI is InChI=1S/C21H18F2N2O3S/c1-14-10-18(7-8-19(14)23)29(27,28)20(16-5-3-9-24-12-16)13-25-21(26)15-4-2-6-17(22)11-15/h2-12,20H,13H2,1H3,(H,25,26)/t20-/m0/s1. The van der Waals surface area contributed by atoms with Crippen LogP contribution < -0.4 is 5.32 Å². The molecule has 0 radical (unpaired) electrons. The first-order valence-corrected chi connectivity index (χ1v) is 10.3. The molecular weight excluding hydrogens is 398 g/mol. The molecule has 0 aliphatic carbocycles. The minimum atomic E-state index is -3.97. The molecule has 0 bridgehead atoms. The predicted molar refractivity (Wildman–Crippen MR) is 104 cm³/mol. The van der Waals surface area contributed by atoms with E-state index in [2.05, 4.69) is 10.3 Å². The van der Waals surface area contributed by atoms with Crippen LogP contribution in [0, 0.1) is 18.6 Å². The number of aromatic nitrogens is 1. The van der Waals surface area contributed by atoms with E-state index in [4.69, 9.17) is 0 Å². The molecule has 0 aliphatic heterocycles. The van der Waals surface area contributed by atoms with E-state index in [9.17, 15) is 22.0 Å². The van der Waals surface area contributed by atoms with Crippen LogP contribution in [0.1, 0.15) is 26.7 Å². The highest BCUT2D eigenvalue weighted by atomic mass is 32.2. The number of pyridine rings is 1. The molecule has 2 aromatic carbocycles. The van der Waals surface area contributed by atoms with E-state index in [-0.39, 0.29) is 22.6 Å². The number of nitrogens with zero attached hydrogens (tertiary/aromatic N) is 1. The van der Waals surface area contributed by atoms with Gasteiger partial charge in [0, 0.05) is 24.5 Å². The van der Waals surface area contributed by atoms with Crippen LogP contribution in [0.15, 0.2) is 71.9 Å². The van der Waals surface area contributed by atoms with Crippen LogP contribution in [0.2, 0.25) is 0 Å². The molecule has 1 N–H and O–H groups in total. The summed E-state index contributed by atoms with van der Waals surface area (Å²) in [5, 5.41) is 1.39. The lowest BCUT2D eigenvalue weighted by atomic mass is 10.2. The third-order valence-corrected chi connectivity index (χ3v) is 6.52. The van der Waals surface area contributed by atoms with Gasteiger partial charge in [0.1, 0.15) is 16.9 Å². The monoisotopic (exact) mass is 416 g/mol. The van der Waals surface area contributed by atoms with Gasteiger partial charge in [0.15, 0.2) is 9.84 Å². The Morgan fingerprint density at radius 2 is 1.90 bits per heavy atom. The van der Waals surface area contributed by atoms with Crippen LogP contribution in [-0.4, -0.2) is 25.9 Å². The van der Waals surface area contributed by atoms with Gasteiger partial charge in [-0.3, -0.25) is 9.78 Å². The summed E-state index contributed by atoms with van der Waals surface area (Å²) in [5.74, 6) is -1.69. The Bertz CT molecular complexity index is 1140. The smallest absolute Gasteiger partial charge is 0.251 e. The second kappa shape index (κ2) is 8.48. The Morgan fingerprint density at radius 1 is 1.10 bits per heavy atom. The van der Waals surface area contributed by atoms with Gasteiger partial charge >= 0.3 is 0 Å². The number of rotatable bonds is 6. The zero-order valence-corrected chi connectivity index (χ0v) is 16.3. The average Bonchev–Trinajstić information content (AvgIpc) is 2.70. The summed E-state index contributed by atoms with van der Waals surface area (Å²) in [6.07, 6.45) is 2.90. The number of sulfone groups is 1. The van der Waals surface area contributed by atoms with E-state index in [1.165, 1.54) is 49.6 Å². The molecule has 0 unspecified atom stereocenters. The fourth-order valence-electron chi connectivity index (χ4n) is 2.85. The molecule has 150 valence electrons. The number of benzene rings is 2. The van der Waals surface area contributed by atoms with Crippen molar-refractivity contribution in [3.63, 3.8) is 0 Å². The van der Waals surface area contributed by atoms with Crippen molar-refractivity contribution in [1.82, 2.24) is 10.3 Å². The van der Waals surface area contributed by atoms with Gasteiger partial charge in [-0.15, -0.1) is 0 Å². The molecule has 1 aromatic heterocycles. The lowest BCUT2D eigenvalue weighted by molar-refractivity contribution is 0.0953. The van der Waals surface area contributed by atoms with E-state index in [0.717, 1.165) is 12.1 Å². The van der Waals surface area contributed by atoms with Crippen LogP contribution in [0.4, 0.5) is 8.78 Å². The molecule has 8 heteroatoms. The molecule has 0 saturated heterocycles. The van der Waals surface area contributed by atoms with Crippen LogP contribution >= 0.6 is 0 Å². The molecular formula is C21H18F2N2O3S. The number of hydrogen-bond donors (Lipinski definition) is 1. The van der Waals surface area contributed by atoms with Crippen LogP contribution in [0.25, 0.3) is 0 Å². The Morgan fingerprint density at radius 3 is 2.55 bits per heavy atom. The van der Waals surface area contributed by atoms with E-state index < -0.39 is 32.6 Å². The Labute approximate surface area is 167 Å². The fraction of sp³-hybridized carbons (Fsp3) is 0.143. The minimum Gasteiger partial charge on any atom is -0.350 e. The van der Waals surface area contributed by atoms with E-state index in [1.54, 1.807) is 12.1 Å². The van der Waals surface area contributed by atoms with Gasteiger partial charge in [-0.05, 0) is 60.5 Å². The Kier molecular flexibility index (Phi) is 6.03. The molecule has 1 heterocycles. The van der Waals surface area contributed by atoms with E-state index in [1.807, 2.05) is 0 Å². The van der Waals surface area contributed by atoms with Crippen molar-refractivity contribution in [3.05, 3.63) is 95.3 Å². The number of hydrogen-bond acceptors (Lipinski definition) is 4. The van der Waals surface area contributed by atoms with Crippen LogP contribution in [0.3, 0.4) is 0 Å². The van der Waals surface area contributed by atoms with Crippen LogP contribution in [-0.2, 0) is 9.84 Å². The molecule has 0 aliphatic rings. The summed E-state index contributed by atoms with van der Waals surface area (Å²) in [5.41, 5.74) is 0.638. The summed E-state index contributed by atoms with van der Waals surface area (Å²) in [7, 11) is -3.97. The first-order chi connectivity index (χ1) is 13.8. The number of aryl methyl sites for hydroxylation is 1. The number of carbonyl (C=O) groups is 1. The normalized spacial score (nSPS) is 12.4. The molecule has 0 spiro atoms. The number of nitrogens with one attached hydrogen (secondary N) is 1. The van der Waals surface area contributed by atoms with Gasteiger partial charge < -0.3 is 5.32 Å². The number of amides is 1. The molecule has 3 rings (SSSR count). The lowest BCUT2D eigenvalue weighted by Crippen LogP contribution is -2.32. The predicted octanol–water partition coefficient (Wildman–Crippen LogP) is 3.61. The average molecular weight is 416 g/mol. The van der Waals surface area contributed by atoms with E-state index >= 15 is 0 Å². The lowest BCUT2D eigenvalue weighted by Gasteiger charge is -2.19. The van der Waals surface area contributed by atoms with Crippen molar-refractivity contribution >= 4 is 15.7 Å². The summed E-state index contributed by atoms with van der Waals surface area (Å²) < 4.78 is 53.4. The van der Waals surface area contributed by atoms with Crippen molar-refractivity contribution in [3.8, 4) is 0 Å². The fourth-order valence-corrected chi connectivity index (χ4v) is 4.58. The van der Waals surface area contributed by atoms with Gasteiger partial charge in [0.05, 0.1) is 4.90 Å². The topological polar surface area (TPSA) is 76.1 Å². The SMILES string of the molecule is Cc1cc(S(=O)(=O)[C@@H](CNC(=O)c2cccc(F)c2)c2cccnc2)ccc1F. The second-order valence-electron chi connectivity index (χ2n) is 6.45. The van der Waals surface area contributed by atoms with Gasteiger partial charge in [-0.25, -0.2) is 17.2 Å². The molecule has 1 amide bonds.